The summed E-state index contributed by atoms with van der Waals surface area (Å²) in [5.74, 6) is -0.317. The Morgan fingerprint density at radius 3 is 2.33 bits per heavy atom. The van der Waals surface area contributed by atoms with Crippen LogP contribution >= 0.6 is 0 Å². The van der Waals surface area contributed by atoms with Gasteiger partial charge in [-0.25, -0.2) is 4.21 Å². The van der Waals surface area contributed by atoms with Gasteiger partial charge in [-0.2, -0.15) is 4.36 Å². The van der Waals surface area contributed by atoms with E-state index >= 15 is 0 Å². The number of hydrogen-bond donors (Lipinski definition) is 0. The quantitative estimate of drug-likeness (QED) is 0.775. The standard InChI is InChI=1S/C11H15NO2S/c1-4-11(13)12-15(3,14)10-7-5-9(2)6-8-10/h5-8H,4H2,1-3H3. The maximum atomic E-state index is 12.1. The highest BCUT2D eigenvalue weighted by Gasteiger charge is 2.07. The molecule has 1 aromatic carbocycles. The molecule has 0 radical (unpaired) electrons. The summed E-state index contributed by atoms with van der Waals surface area (Å²) in [6.45, 7) is 3.66. The van der Waals surface area contributed by atoms with Crippen LogP contribution in [0.25, 0.3) is 0 Å². The molecule has 0 aliphatic carbocycles. The zero-order chi connectivity index (χ0) is 11.5. The topological polar surface area (TPSA) is 46.5 Å². The second-order valence-corrected chi connectivity index (χ2v) is 5.71. The van der Waals surface area contributed by atoms with E-state index in [0.717, 1.165) is 5.56 Å². The van der Waals surface area contributed by atoms with Crippen molar-refractivity contribution < 1.29 is 9.00 Å². The van der Waals surface area contributed by atoms with Gasteiger partial charge in [-0.3, -0.25) is 4.79 Å². The smallest absolute Gasteiger partial charge is 0.253 e. The molecule has 1 amide bonds. The highest BCUT2D eigenvalue weighted by atomic mass is 32.2. The summed E-state index contributed by atoms with van der Waals surface area (Å²) in [5, 5.41) is 0. The molecule has 0 aromatic heterocycles. The SMILES string of the molecule is CCC(=O)N=S(C)(=O)c1ccc(C)cc1. The molecule has 1 unspecified atom stereocenters. The molecule has 0 fully saturated rings. The minimum absolute atomic E-state index is 0.288. The maximum Gasteiger partial charge on any atom is 0.253 e. The normalized spacial score (nSPS) is 14.3. The monoisotopic (exact) mass is 225 g/mol. The number of hydrogen-bond acceptors (Lipinski definition) is 2. The van der Waals surface area contributed by atoms with Crippen LogP contribution in [0.5, 0.6) is 0 Å². The first-order valence-corrected chi connectivity index (χ1v) is 6.69. The van der Waals surface area contributed by atoms with E-state index in [2.05, 4.69) is 4.36 Å². The Morgan fingerprint density at radius 1 is 1.33 bits per heavy atom. The van der Waals surface area contributed by atoms with Gasteiger partial charge in [0, 0.05) is 17.6 Å². The van der Waals surface area contributed by atoms with Gasteiger partial charge in [-0.1, -0.05) is 24.6 Å². The van der Waals surface area contributed by atoms with E-state index in [0.29, 0.717) is 4.90 Å². The summed E-state index contributed by atoms with van der Waals surface area (Å²) in [7, 11) is -2.56. The van der Waals surface area contributed by atoms with E-state index in [-0.39, 0.29) is 12.3 Å². The van der Waals surface area contributed by atoms with Crippen molar-refractivity contribution in [2.75, 3.05) is 6.26 Å². The van der Waals surface area contributed by atoms with Crippen LogP contribution in [0.2, 0.25) is 0 Å². The number of carbonyl (C=O) groups is 1. The summed E-state index contributed by atoms with van der Waals surface area (Å²) < 4.78 is 15.8. The molecular formula is C11H15NO2S. The van der Waals surface area contributed by atoms with E-state index in [9.17, 15) is 9.00 Å². The van der Waals surface area contributed by atoms with Gasteiger partial charge in [0.15, 0.2) is 0 Å². The average molecular weight is 225 g/mol. The summed E-state index contributed by atoms with van der Waals surface area (Å²) in [6, 6.07) is 7.24. The average Bonchev–Trinajstić information content (AvgIpc) is 2.17. The maximum absolute atomic E-state index is 12.1. The zero-order valence-electron chi connectivity index (χ0n) is 9.19. The fraction of sp³-hybridized carbons (Fsp3) is 0.364. The van der Waals surface area contributed by atoms with Crippen molar-refractivity contribution >= 4 is 15.6 Å². The van der Waals surface area contributed by atoms with Gasteiger partial charge < -0.3 is 0 Å². The molecule has 0 aliphatic heterocycles. The number of amides is 1. The Kier molecular flexibility index (Phi) is 3.63. The Labute approximate surface area is 90.7 Å². The Bertz CT molecular complexity index is 468. The summed E-state index contributed by atoms with van der Waals surface area (Å²) >= 11 is 0. The molecule has 15 heavy (non-hydrogen) atoms. The minimum Gasteiger partial charge on any atom is -0.272 e. The lowest BCUT2D eigenvalue weighted by Gasteiger charge is -2.03. The summed E-state index contributed by atoms with van der Waals surface area (Å²) in [5.41, 5.74) is 1.09. The van der Waals surface area contributed by atoms with Gasteiger partial charge in [0.2, 0.25) is 0 Å². The molecule has 1 rings (SSSR count). The third kappa shape index (κ3) is 3.16. The molecule has 0 bridgehead atoms. The minimum atomic E-state index is -2.56. The lowest BCUT2D eigenvalue weighted by molar-refractivity contribution is -0.117. The molecule has 4 heteroatoms. The van der Waals surface area contributed by atoms with Crippen molar-refractivity contribution in [3.05, 3.63) is 29.8 Å². The van der Waals surface area contributed by atoms with Gasteiger partial charge >= 0.3 is 0 Å². The van der Waals surface area contributed by atoms with Gasteiger partial charge in [0.1, 0.15) is 0 Å². The van der Waals surface area contributed by atoms with Crippen LogP contribution in [0.15, 0.2) is 33.5 Å². The molecule has 0 heterocycles. The van der Waals surface area contributed by atoms with Crippen molar-refractivity contribution in [1.82, 2.24) is 0 Å². The van der Waals surface area contributed by atoms with E-state index in [1.54, 1.807) is 19.1 Å². The summed E-state index contributed by atoms with van der Waals surface area (Å²) in [6.07, 6.45) is 1.78. The van der Waals surface area contributed by atoms with Gasteiger partial charge in [-0.15, -0.1) is 0 Å². The van der Waals surface area contributed by atoms with Crippen LogP contribution in [-0.4, -0.2) is 16.4 Å². The van der Waals surface area contributed by atoms with Crippen LogP contribution in [0.4, 0.5) is 0 Å². The molecule has 0 N–H and O–H groups in total. The highest BCUT2D eigenvalue weighted by molar-refractivity contribution is 7.93. The Hall–Kier alpha value is -1.16. The van der Waals surface area contributed by atoms with Crippen LogP contribution in [-0.2, 0) is 14.5 Å². The van der Waals surface area contributed by atoms with Crippen LogP contribution in [0, 0.1) is 6.92 Å². The molecular weight excluding hydrogens is 210 g/mol. The second-order valence-electron chi connectivity index (χ2n) is 3.45. The highest BCUT2D eigenvalue weighted by Crippen LogP contribution is 2.12. The third-order valence-electron chi connectivity index (χ3n) is 2.04. The van der Waals surface area contributed by atoms with E-state index < -0.39 is 9.73 Å². The number of benzene rings is 1. The molecule has 0 saturated carbocycles. The van der Waals surface area contributed by atoms with Crippen LogP contribution in [0.1, 0.15) is 18.9 Å². The van der Waals surface area contributed by atoms with Crippen molar-refractivity contribution in [2.45, 2.75) is 25.2 Å². The first-order valence-electron chi connectivity index (χ1n) is 4.77. The predicted octanol–water partition coefficient (Wildman–Crippen LogP) is 2.39. The molecule has 1 atom stereocenters. The van der Waals surface area contributed by atoms with E-state index in [1.165, 1.54) is 6.26 Å². The first kappa shape index (κ1) is 11.9. The van der Waals surface area contributed by atoms with Crippen molar-refractivity contribution in [3.63, 3.8) is 0 Å². The van der Waals surface area contributed by atoms with Crippen LogP contribution in [0.3, 0.4) is 0 Å². The summed E-state index contributed by atoms with van der Waals surface area (Å²) in [4.78, 5) is 11.7. The van der Waals surface area contributed by atoms with Gasteiger partial charge in [-0.05, 0) is 19.1 Å². The Balaban J connectivity index is 3.17. The largest absolute Gasteiger partial charge is 0.272 e. The van der Waals surface area contributed by atoms with E-state index in [4.69, 9.17) is 0 Å². The zero-order valence-corrected chi connectivity index (χ0v) is 10.0. The number of carbonyl (C=O) groups excluding carboxylic acids is 1. The number of aryl methyl sites for hydroxylation is 1. The molecule has 3 nitrogen and oxygen atoms in total. The van der Waals surface area contributed by atoms with Gasteiger partial charge in [0.05, 0.1) is 9.73 Å². The molecule has 0 spiro atoms. The lowest BCUT2D eigenvalue weighted by atomic mass is 10.2. The molecule has 0 aliphatic rings. The van der Waals surface area contributed by atoms with Crippen molar-refractivity contribution in [2.24, 2.45) is 4.36 Å². The molecule has 0 saturated heterocycles. The van der Waals surface area contributed by atoms with Crippen molar-refractivity contribution in [1.29, 1.82) is 0 Å². The molecule has 1 aromatic rings. The van der Waals surface area contributed by atoms with E-state index in [1.807, 2.05) is 19.1 Å². The van der Waals surface area contributed by atoms with Crippen LogP contribution < -0.4 is 0 Å². The predicted molar refractivity (Wildman–Crippen MR) is 61.2 cm³/mol. The second kappa shape index (κ2) is 4.57. The Morgan fingerprint density at radius 2 is 1.87 bits per heavy atom. The fourth-order valence-electron chi connectivity index (χ4n) is 1.10. The fourth-order valence-corrected chi connectivity index (χ4v) is 2.37. The molecule has 82 valence electrons. The number of rotatable bonds is 2. The van der Waals surface area contributed by atoms with Crippen molar-refractivity contribution in [3.8, 4) is 0 Å². The van der Waals surface area contributed by atoms with Gasteiger partial charge in [0.25, 0.3) is 5.91 Å². The lowest BCUT2D eigenvalue weighted by Crippen LogP contribution is -2.02. The third-order valence-corrected chi connectivity index (χ3v) is 3.74. The first-order chi connectivity index (χ1) is 6.95. The number of nitrogens with zero attached hydrogens (tertiary/aromatic N) is 1.